The molecule has 3 rings (SSSR count). The molecule has 6 heteroatoms. The molecule has 0 aliphatic rings. The third kappa shape index (κ3) is 4.11. The first-order valence-electron chi connectivity index (χ1n) is 7.76. The summed E-state index contributed by atoms with van der Waals surface area (Å²) in [5.74, 6) is 0.907. The van der Waals surface area contributed by atoms with Gasteiger partial charge in [0.15, 0.2) is 0 Å². The summed E-state index contributed by atoms with van der Waals surface area (Å²) in [4.78, 5) is 19.9. The number of nitrogens with one attached hydrogen (secondary N) is 1. The number of hydrogen-bond donors (Lipinski definition) is 2. The van der Waals surface area contributed by atoms with Crippen LogP contribution in [-0.4, -0.2) is 23.0 Å². The van der Waals surface area contributed by atoms with Gasteiger partial charge in [-0.15, -0.1) is 0 Å². The summed E-state index contributed by atoms with van der Waals surface area (Å²) in [6.45, 7) is 0.605. The maximum Gasteiger partial charge on any atom is 0.248 e. The number of methoxy groups -OCH3 is 1. The van der Waals surface area contributed by atoms with Crippen molar-refractivity contribution in [1.82, 2.24) is 9.97 Å². The van der Waals surface area contributed by atoms with E-state index in [1.54, 1.807) is 25.4 Å². The fraction of sp³-hybridized carbons (Fsp3) is 0.105. The van der Waals surface area contributed by atoms with Crippen LogP contribution in [0.5, 0.6) is 5.75 Å². The standard InChI is InChI=1S/C19H18N4O2/c1-25-16-8-2-13(3-9-16)12-22-19-21-11-10-17(23-19)14-4-6-15(7-5-14)18(20)24/h2-11H,12H2,1H3,(H2,20,24)(H,21,22,23). The van der Waals surface area contributed by atoms with Crippen LogP contribution < -0.4 is 15.8 Å². The van der Waals surface area contributed by atoms with Gasteiger partial charge in [-0.05, 0) is 35.9 Å². The molecular formula is C19H18N4O2. The van der Waals surface area contributed by atoms with Gasteiger partial charge in [-0.25, -0.2) is 9.97 Å². The van der Waals surface area contributed by atoms with Gasteiger partial charge in [0.05, 0.1) is 12.8 Å². The minimum Gasteiger partial charge on any atom is -0.497 e. The highest BCUT2D eigenvalue weighted by molar-refractivity contribution is 5.93. The van der Waals surface area contributed by atoms with Gasteiger partial charge in [-0.2, -0.15) is 0 Å². The van der Waals surface area contributed by atoms with E-state index in [4.69, 9.17) is 10.5 Å². The predicted molar refractivity (Wildman–Crippen MR) is 96.3 cm³/mol. The number of anilines is 1. The highest BCUT2D eigenvalue weighted by Crippen LogP contribution is 2.19. The second kappa shape index (κ2) is 7.44. The van der Waals surface area contributed by atoms with E-state index < -0.39 is 5.91 Å². The van der Waals surface area contributed by atoms with Crippen LogP contribution in [0, 0.1) is 0 Å². The van der Waals surface area contributed by atoms with Crippen LogP contribution in [0.1, 0.15) is 15.9 Å². The molecule has 0 saturated heterocycles. The average Bonchev–Trinajstić information content (AvgIpc) is 2.67. The van der Waals surface area contributed by atoms with E-state index >= 15 is 0 Å². The largest absolute Gasteiger partial charge is 0.497 e. The van der Waals surface area contributed by atoms with Gasteiger partial charge < -0.3 is 15.8 Å². The zero-order valence-electron chi connectivity index (χ0n) is 13.8. The van der Waals surface area contributed by atoms with E-state index in [0.717, 1.165) is 22.6 Å². The fourth-order valence-electron chi connectivity index (χ4n) is 2.33. The SMILES string of the molecule is COc1ccc(CNc2nccc(-c3ccc(C(N)=O)cc3)n2)cc1. The second-order valence-corrected chi connectivity index (χ2v) is 5.41. The Morgan fingerprint density at radius 1 is 1.08 bits per heavy atom. The number of benzene rings is 2. The molecule has 1 amide bonds. The lowest BCUT2D eigenvalue weighted by Crippen LogP contribution is -2.10. The predicted octanol–water partition coefficient (Wildman–Crippen LogP) is 2.86. The van der Waals surface area contributed by atoms with E-state index in [2.05, 4.69) is 15.3 Å². The monoisotopic (exact) mass is 334 g/mol. The Kier molecular flexibility index (Phi) is 4.89. The molecule has 0 fully saturated rings. The Bertz CT molecular complexity index is 861. The maximum absolute atomic E-state index is 11.1. The van der Waals surface area contributed by atoms with Crippen LogP contribution in [0.4, 0.5) is 5.95 Å². The molecule has 1 heterocycles. The zero-order chi connectivity index (χ0) is 17.6. The van der Waals surface area contributed by atoms with E-state index in [1.807, 2.05) is 42.5 Å². The van der Waals surface area contributed by atoms with Crippen LogP contribution in [0.25, 0.3) is 11.3 Å². The molecule has 0 radical (unpaired) electrons. The minimum atomic E-state index is -0.448. The molecule has 0 unspecified atom stereocenters. The lowest BCUT2D eigenvalue weighted by molar-refractivity contribution is 0.100. The quantitative estimate of drug-likeness (QED) is 0.723. The van der Waals surface area contributed by atoms with Crippen LogP contribution >= 0.6 is 0 Å². The number of primary amides is 1. The third-order valence-electron chi connectivity index (χ3n) is 3.73. The van der Waals surface area contributed by atoms with Crippen molar-refractivity contribution >= 4 is 11.9 Å². The van der Waals surface area contributed by atoms with Crippen molar-refractivity contribution in [3.8, 4) is 17.0 Å². The van der Waals surface area contributed by atoms with Crippen molar-refractivity contribution in [2.45, 2.75) is 6.54 Å². The molecule has 3 aromatic rings. The Morgan fingerprint density at radius 3 is 2.44 bits per heavy atom. The van der Waals surface area contributed by atoms with Crippen molar-refractivity contribution in [2.24, 2.45) is 5.73 Å². The number of hydrogen-bond acceptors (Lipinski definition) is 5. The number of ether oxygens (including phenoxy) is 1. The number of amides is 1. The van der Waals surface area contributed by atoms with Crippen molar-refractivity contribution in [3.05, 3.63) is 71.9 Å². The molecule has 25 heavy (non-hydrogen) atoms. The van der Waals surface area contributed by atoms with Crippen LogP contribution in [0.2, 0.25) is 0 Å². The summed E-state index contributed by atoms with van der Waals surface area (Å²) >= 11 is 0. The highest BCUT2D eigenvalue weighted by Gasteiger charge is 2.05. The van der Waals surface area contributed by atoms with Gasteiger partial charge in [0.25, 0.3) is 0 Å². The fourth-order valence-corrected chi connectivity index (χ4v) is 2.33. The number of aromatic nitrogens is 2. The molecule has 0 spiro atoms. The first kappa shape index (κ1) is 16.4. The number of carbonyl (C=O) groups excluding carboxylic acids is 1. The lowest BCUT2D eigenvalue weighted by Gasteiger charge is -2.08. The first-order chi connectivity index (χ1) is 12.2. The molecule has 0 atom stereocenters. The first-order valence-corrected chi connectivity index (χ1v) is 7.76. The average molecular weight is 334 g/mol. The van der Waals surface area contributed by atoms with Crippen molar-refractivity contribution in [3.63, 3.8) is 0 Å². The number of carbonyl (C=O) groups is 1. The molecule has 6 nitrogen and oxygen atoms in total. The number of rotatable bonds is 6. The summed E-state index contributed by atoms with van der Waals surface area (Å²) in [6, 6.07) is 16.6. The van der Waals surface area contributed by atoms with Crippen LogP contribution in [0.3, 0.4) is 0 Å². The summed E-state index contributed by atoms with van der Waals surface area (Å²) < 4.78 is 5.15. The molecule has 2 aromatic carbocycles. The minimum absolute atomic E-state index is 0.448. The summed E-state index contributed by atoms with van der Waals surface area (Å²) in [5.41, 5.74) is 8.48. The Balaban J connectivity index is 1.71. The molecule has 3 N–H and O–H groups in total. The Morgan fingerprint density at radius 2 is 1.80 bits per heavy atom. The van der Waals surface area contributed by atoms with Gasteiger partial charge in [0.2, 0.25) is 11.9 Å². The van der Waals surface area contributed by atoms with Gasteiger partial charge in [0, 0.05) is 23.9 Å². The van der Waals surface area contributed by atoms with E-state index in [1.165, 1.54) is 0 Å². The summed E-state index contributed by atoms with van der Waals surface area (Å²) in [5, 5.41) is 3.20. The van der Waals surface area contributed by atoms with Crippen molar-refractivity contribution in [2.75, 3.05) is 12.4 Å². The van der Waals surface area contributed by atoms with Gasteiger partial charge in [-0.3, -0.25) is 4.79 Å². The molecule has 0 aliphatic carbocycles. The zero-order valence-corrected chi connectivity index (χ0v) is 13.8. The van der Waals surface area contributed by atoms with Crippen LogP contribution in [-0.2, 0) is 6.54 Å². The molecule has 0 bridgehead atoms. The van der Waals surface area contributed by atoms with E-state index in [9.17, 15) is 4.79 Å². The summed E-state index contributed by atoms with van der Waals surface area (Å²) in [7, 11) is 1.64. The number of nitrogens with zero attached hydrogens (tertiary/aromatic N) is 2. The number of nitrogens with two attached hydrogens (primary N) is 1. The molecule has 0 aliphatic heterocycles. The highest BCUT2D eigenvalue weighted by atomic mass is 16.5. The third-order valence-corrected chi connectivity index (χ3v) is 3.73. The smallest absolute Gasteiger partial charge is 0.248 e. The molecule has 1 aromatic heterocycles. The Labute approximate surface area is 145 Å². The molecular weight excluding hydrogens is 316 g/mol. The topological polar surface area (TPSA) is 90.1 Å². The molecule has 126 valence electrons. The van der Waals surface area contributed by atoms with Gasteiger partial charge >= 0.3 is 0 Å². The van der Waals surface area contributed by atoms with E-state index in [0.29, 0.717) is 18.1 Å². The molecule has 0 saturated carbocycles. The normalized spacial score (nSPS) is 10.3. The van der Waals surface area contributed by atoms with Gasteiger partial charge in [-0.1, -0.05) is 24.3 Å². The Hall–Kier alpha value is -3.41. The van der Waals surface area contributed by atoms with Crippen molar-refractivity contribution in [1.29, 1.82) is 0 Å². The van der Waals surface area contributed by atoms with E-state index in [-0.39, 0.29) is 0 Å². The maximum atomic E-state index is 11.1. The van der Waals surface area contributed by atoms with Gasteiger partial charge in [0.1, 0.15) is 5.75 Å². The lowest BCUT2D eigenvalue weighted by atomic mass is 10.1. The summed E-state index contributed by atoms with van der Waals surface area (Å²) in [6.07, 6.45) is 1.70. The van der Waals surface area contributed by atoms with Crippen molar-refractivity contribution < 1.29 is 9.53 Å². The second-order valence-electron chi connectivity index (χ2n) is 5.41. The van der Waals surface area contributed by atoms with Crippen LogP contribution in [0.15, 0.2) is 60.8 Å².